The van der Waals surface area contributed by atoms with E-state index >= 15 is 0 Å². The molecule has 0 bridgehead atoms. The lowest BCUT2D eigenvalue weighted by Gasteiger charge is -2.61. The van der Waals surface area contributed by atoms with Gasteiger partial charge in [-0.25, -0.2) is 0 Å². The topological polar surface area (TPSA) is 99.4 Å². The lowest BCUT2D eigenvalue weighted by molar-refractivity contribution is -0.240. The van der Waals surface area contributed by atoms with Gasteiger partial charge >= 0.3 is 0 Å². The van der Waals surface area contributed by atoms with Gasteiger partial charge in [-0.05, 0) is 67.3 Å². The number of hydrogen-bond donors (Lipinski definition) is 4. The lowest BCUT2D eigenvalue weighted by Crippen LogP contribution is -2.58. The third kappa shape index (κ3) is 3.88. The second kappa shape index (κ2) is 8.55. The molecule has 0 saturated heterocycles. The van der Waals surface area contributed by atoms with Gasteiger partial charge in [-0.3, -0.25) is 0 Å². The Hall–Kier alpha value is -1.18. The first-order valence-electron chi connectivity index (χ1n) is 12.0. The van der Waals surface area contributed by atoms with Crippen LogP contribution in [0.3, 0.4) is 0 Å². The lowest BCUT2D eigenvalue weighted by atomic mass is 9.45. The zero-order chi connectivity index (χ0) is 23.3. The molecule has 6 heteroatoms. The smallest absolute Gasteiger partial charge is 0.228 e. The molecule has 0 aromatic rings. The van der Waals surface area contributed by atoms with Gasteiger partial charge in [0, 0.05) is 5.41 Å². The summed E-state index contributed by atoms with van der Waals surface area (Å²) in [6, 6.07) is 0. The van der Waals surface area contributed by atoms with Crippen LogP contribution in [0.15, 0.2) is 36.1 Å². The average Bonchev–Trinajstić information content (AvgIpc) is 2.77. The second-order valence-electron chi connectivity index (χ2n) is 11.3. The van der Waals surface area contributed by atoms with Crippen molar-refractivity contribution in [2.45, 2.75) is 83.9 Å². The molecule has 0 amide bonds. The maximum atomic E-state index is 11.1. The van der Waals surface area contributed by atoms with Crippen LogP contribution in [0.5, 0.6) is 0 Å². The summed E-state index contributed by atoms with van der Waals surface area (Å²) in [5.41, 5.74) is 1.28. The Morgan fingerprint density at radius 2 is 1.94 bits per heavy atom. The van der Waals surface area contributed by atoms with E-state index in [1.807, 2.05) is 0 Å². The highest BCUT2D eigenvalue weighted by Crippen LogP contribution is 2.63. The van der Waals surface area contributed by atoms with Crippen molar-refractivity contribution in [3.05, 3.63) is 36.1 Å². The van der Waals surface area contributed by atoms with Crippen molar-refractivity contribution in [1.82, 2.24) is 0 Å². The Morgan fingerprint density at radius 1 is 1.19 bits per heavy atom. The summed E-state index contributed by atoms with van der Waals surface area (Å²) in [4.78, 5) is 0. The maximum absolute atomic E-state index is 11.1. The SMILES string of the molecule is C=C[C@@]1(C)CCC2C(=CCC3[C@]2(C)CC[C@H](O)[C@]3(C)COC2OC(CO)=CC(O)C2O)C1. The molecule has 180 valence electrons. The van der Waals surface area contributed by atoms with E-state index < -0.39 is 30.0 Å². The standard InChI is InChI=1S/C26H40O6/c1-5-24(2)10-8-18-16(13-24)6-7-20-25(18,3)11-9-21(29)26(20,4)15-31-23-22(30)19(28)12-17(14-27)32-23/h5-6,12,18-23,27-30H,1,7-11,13-15H2,2-4H3/t18?,19?,20?,21-,22?,23?,24-,25+,26+/m0/s1. The van der Waals surface area contributed by atoms with Gasteiger partial charge in [0.1, 0.15) is 24.6 Å². The number of rotatable bonds is 5. The summed E-state index contributed by atoms with van der Waals surface area (Å²) in [5, 5.41) is 40.9. The number of aliphatic hydroxyl groups excluding tert-OH is 4. The van der Waals surface area contributed by atoms with Gasteiger partial charge in [-0.15, -0.1) is 6.58 Å². The second-order valence-corrected chi connectivity index (χ2v) is 11.3. The molecule has 2 fully saturated rings. The molecular weight excluding hydrogens is 408 g/mol. The number of fused-ring (bicyclic) bond motifs is 3. The average molecular weight is 449 g/mol. The molecule has 4 rings (SSSR count). The molecule has 4 aliphatic rings. The Kier molecular flexibility index (Phi) is 6.40. The van der Waals surface area contributed by atoms with Gasteiger partial charge in [0.2, 0.25) is 6.29 Å². The van der Waals surface area contributed by atoms with Crippen LogP contribution in [0, 0.1) is 28.1 Å². The number of allylic oxidation sites excluding steroid dienone is 3. The summed E-state index contributed by atoms with van der Waals surface area (Å²) in [7, 11) is 0. The third-order valence-electron chi connectivity index (χ3n) is 9.24. The maximum Gasteiger partial charge on any atom is 0.228 e. The molecule has 5 unspecified atom stereocenters. The zero-order valence-electron chi connectivity index (χ0n) is 19.7. The van der Waals surface area contributed by atoms with Crippen LogP contribution in [0.2, 0.25) is 0 Å². The van der Waals surface area contributed by atoms with Gasteiger partial charge in [0.25, 0.3) is 0 Å². The van der Waals surface area contributed by atoms with Gasteiger partial charge in [-0.2, -0.15) is 0 Å². The van der Waals surface area contributed by atoms with Crippen LogP contribution in [0.1, 0.15) is 59.3 Å². The van der Waals surface area contributed by atoms with E-state index in [1.165, 1.54) is 6.08 Å². The molecule has 2 saturated carbocycles. The van der Waals surface area contributed by atoms with Crippen molar-refractivity contribution in [2.24, 2.45) is 28.1 Å². The van der Waals surface area contributed by atoms with E-state index in [1.54, 1.807) is 5.57 Å². The molecule has 0 radical (unpaired) electrons. The Bertz CT molecular complexity index is 791. The molecule has 0 aromatic heterocycles. The number of hydrogen-bond acceptors (Lipinski definition) is 6. The first kappa shape index (κ1) is 24.0. The molecule has 4 N–H and O–H groups in total. The highest BCUT2D eigenvalue weighted by molar-refractivity contribution is 5.25. The van der Waals surface area contributed by atoms with Gasteiger partial charge in [0.05, 0.1) is 12.7 Å². The van der Waals surface area contributed by atoms with E-state index in [-0.39, 0.29) is 35.7 Å². The normalized spacial score (nSPS) is 48.6. The van der Waals surface area contributed by atoms with Crippen LogP contribution >= 0.6 is 0 Å². The van der Waals surface area contributed by atoms with Crippen LogP contribution in [-0.4, -0.2) is 58.2 Å². The van der Waals surface area contributed by atoms with E-state index in [4.69, 9.17) is 9.47 Å². The summed E-state index contributed by atoms with van der Waals surface area (Å²) in [6.07, 6.45) is 7.74. The fraction of sp³-hybridized carbons (Fsp3) is 0.769. The van der Waals surface area contributed by atoms with Crippen molar-refractivity contribution in [2.75, 3.05) is 13.2 Å². The van der Waals surface area contributed by atoms with Crippen molar-refractivity contribution >= 4 is 0 Å². The summed E-state index contributed by atoms with van der Waals surface area (Å²) < 4.78 is 11.6. The number of ether oxygens (including phenoxy) is 2. The van der Waals surface area contributed by atoms with Crippen LogP contribution < -0.4 is 0 Å². The third-order valence-corrected chi connectivity index (χ3v) is 9.24. The molecule has 1 aliphatic heterocycles. The first-order valence-corrected chi connectivity index (χ1v) is 12.0. The molecule has 32 heavy (non-hydrogen) atoms. The largest absolute Gasteiger partial charge is 0.464 e. The predicted octanol–water partition coefficient (Wildman–Crippen LogP) is 3.06. The number of aliphatic hydroxyl groups is 4. The van der Waals surface area contributed by atoms with Gasteiger partial charge < -0.3 is 29.9 Å². The fourth-order valence-electron chi connectivity index (χ4n) is 7.03. The zero-order valence-corrected chi connectivity index (χ0v) is 19.7. The minimum absolute atomic E-state index is 0.0750. The summed E-state index contributed by atoms with van der Waals surface area (Å²) in [6.45, 7) is 10.7. The van der Waals surface area contributed by atoms with Gasteiger partial charge in [0.15, 0.2) is 0 Å². The highest BCUT2D eigenvalue weighted by Gasteiger charge is 2.58. The van der Waals surface area contributed by atoms with E-state index in [0.717, 1.165) is 32.1 Å². The van der Waals surface area contributed by atoms with E-state index in [2.05, 4.69) is 39.5 Å². The van der Waals surface area contributed by atoms with Crippen LogP contribution in [-0.2, 0) is 9.47 Å². The van der Waals surface area contributed by atoms with Crippen LogP contribution in [0.4, 0.5) is 0 Å². The minimum atomic E-state index is -1.24. The first-order chi connectivity index (χ1) is 15.1. The van der Waals surface area contributed by atoms with Crippen molar-refractivity contribution in [3.63, 3.8) is 0 Å². The Morgan fingerprint density at radius 3 is 2.62 bits per heavy atom. The molecule has 6 nitrogen and oxygen atoms in total. The monoisotopic (exact) mass is 448 g/mol. The minimum Gasteiger partial charge on any atom is -0.464 e. The summed E-state index contributed by atoms with van der Waals surface area (Å²) in [5.74, 6) is 0.923. The molecular formula is C26H40O6. The molecule has 0 spiro atoms. The highest BCUT2D eigenvalue weighted by atomic mass is 16.7. The van der Waals surface area contributed by atoms with Crippen molar-refractivity contribution in [1.29, 1.82) is 0 Å². The predicted molar refractivity (Wildman–Crippen MR) is 121 cm³/mol. The summed E-state index contributed by atoms with van der Waals surface area (Å²) >= 11 is 0. The molecule has 3 aliphatic carbocycles. The van der Waals surface area contributed by atoms with E-state index in [9.17, 15) is 20.4 Å². The molecule has 0 aromatic carbocycles. The van der Waals surface area contributed by atoms with E-state index in [0.29, 0.717) is 12.3 Å². The molecule has 9 atom stereocenters. The molecule has 1 heterocycles. The quantitative estimate of drug-likeness (QED) is 0.483. The Balaban J connectivity index is 1.55. The van der Waals surface area contributed by atoms with Crippen molar-refractivity contribution < 1.29 is 29.9 Å². The Labute approximate surface area is 191 Å². The van der Waals surface area contributed by atoms with Crippen molar-refractivity contribution in [3.8, 4) is 0 Å². The fourth-order valence-corrected chi connectivity index (χ4v) is 7.03. The van der Waals surface area contributed by atoms with Gasteiger partial charge in [-0.1, -0.05) is 38.5 Å². The van der Waals surface area contributed by atoms with Crippen LogP contribution in [0.25, 0.3) is 0 Å².